The van der Waals surface area contributed by atoms with Gasteiger partial charge in [0.25, 0.3) is 0 Å². The molecular formula is C24H27N5O3. The van der Waals surface area contributed by atoms with Gasteiger partial charge in [0, 0.05) is 25.7 Å². The summed E-state index contributed by atoms with van der Waals surface area (Å²) in [5.41, 5.74) is 2.88. The molecule has 5 rings (SSSR count). The Labute approximate surface area is 186 Å². The smallest absolute Gasteiger partial charge is 0.335 e. The highest BCUT2D eigenvalue weighted by molar-refractivity contribution is 5.89. The van der Waals surface area contributed by atoms with E-state index in [0.29, 0.717) is 18.4 Å². The van der Waals surface area contributed by atoms with Crippen LogP contribution in [0.2, 0.25) is 0 Å². The molecule has 2 saturated heterocycles. The number of carboxylic acid groups (broad SMARTS) is 1. The molecule has 0 spiro atoms. The monoisotopic (exact) mass is 433 g/mol. The molecular weight excluding hydrogens is 406 g/mol. The summed E-state index contributed by atoms with van der Waals surface area (Å²) < 4.78 is 0. The lowest BCUT2D eigenvalue weighted by molar-refractivity contribution is -0.134. The van der Waals surface area contributed by atoms with E-state index in [1.807, 2.05) is 24.4 Å². The van der Waals surface area contributed by atoms with E-state index in [-0.39, 0.29) is 18.0 Å². The van der Waals surface area contributed by atoms with Gasteiger partial charge in [-0.2, -0.15) is 0 Å². The van der Waals surface area contributed by atoms with Crippen LogP contribution >= 0.6 is 0 Å². The third-order valence-corrected chi connectivity index (χ3v) is 6.88. The van der Waals surface area contributed by atoms with Crippen molar-refractivity contribution in [2.24, 2.45) is 0 Å². The maximum absolute atomic E-state index is 13.2. The van der Waals surface area contributed by atoms with Crippen LogP contribution in [0.15, 0.2) is 36.8 Å². The molecule has 0 radical (unpaired) electrons. The van der Waals surface area contributed by atoms with Crippen LogP contribution in [0.1, 0.15) is 47.2 Å². The van der Waals surface area contributed by atoms with E-state index in [1.165, 1.54) is 0 Å². The second-order valence-electron chi connectivity index (χ2n) is 8.74. The SMILES string of the molecule is Cc1cc(CCC(=O)N2CCC[C@@H]3[C@H]2CCN3c2ncnc3[nH]ccc23)ccc1C(=O)O. The highest BCUT2D eigenvalue weighted by Gasteiger charge is 2.42. The number of amides is 1. The lowest BCUT2D eigenvalue weighted by Crippen LogP contribution is -2.52. The molecule has 4 heterocycles. The maximum Gasteiger partial charge on any atom is 0.335 e. The summed E-state index contributed by atoms with van der Waals surface area (Å²) in [6.07, 6.45) is 7.52. The molecule has 3 aromatic rings. The average Bonchev–Trinajstić information content (AvgIpc) is 3.44. The van der Waals surface area contributed by atoms with Gasteiger partial charge < -0.3 is 19.9 Å². The molecule has 166 valence electrons. The largest absolute Gasteiger partial charge is 0.478 e. The van der Waals surface area contributed by atoms with Crippen LogP contribution in [0.3, 0.4) is 0 Å². The van der Waals surface area contributed by atoms with E-state index in [4.69, 9.17) is 0 Å². The fourth-order valence-corrected chi connectivity index (χ4v) is 5.36. The molecule has 2 aliphatic heterocycles. The van der Waals surface area contributed by atoms with E-state index in [1.54, 1.807) is 19.3 Å². The number of aryl methyl sites for hydroxylation is 2. The molecule has 2 atom stereocenters. The minimum atomic E-state index is -0.920. The van der Waals surface area contributed by atoms with Crippen LogP contribution < -0.4 is 4.90 Å². The number of carboxylic acids is 1. The van der Waals surface area contributed by atoms with Crippen molar-refractivity contribution in [1.29, 1.82) is 0 Å². The van der Waals surface area contributed by atoms with Crippen molar-refractivity contribution in [1.82, 2.24) is 19.9 Å². The fraction of sp³-hybridized carbons (Fsp3) is 0.417. The molecule has 1 amide bonds. The lowest BCUT2D eigenvalue weighted by Gasteiger charge is -2.40. The summed E-state index contributed by atoms with van der Waals surface area (Å²) in [7, 11) is 0. The number of likely N-dealkylation sites (tertiary alicyclic amines) is 1. The van der Waals surface area contributed by atoms with Gasteiger partial charge in [0.15, 0.2) is 0 Å². The Morgan fingerprint density at radius 1 is 1.16 bits per heavy atom. The first-order valence-electron chi connectivity index (χ1n) is 11.2. The van der Waals surface area contributed by atoms with E-state index in [0.717, 1.165) is 60.3 Å². The number of aromatic amines is 1. The molecule has 32 heavy (non-hydrogen) atoms. The molecule has 0 unspecified atom stereocenters. The standard InChI is InChI=1S/C24H27N5O3/c1-15-13-16(4-6-17(15)24(31)32)5-7-21(30)28-11-2-3-19-20(28)9-12-29(19)23-18-8-10-25-22(18)26-14-27-23/h4,6,8,10,13-14,19-20H,2-3,5,7,9,11-12H2,1H3,(H,31,32)(H,25,26,27)/t19-,20-/m1/s1. The summed E-state index contributed by atoms with van der Waals surface area (Å²) in [6, 6.07) is 7.82. The molecule has 0 aliphatic carbocycles. The zero-order chi connectivity index (χ0) is 22.2. The second kappa shape index (κ2) is 8.26. The number of H-pyrrole nitrogens is 1. The first-order chi connectivity index (χ1) is 15.5. The van der Waals surface area contributed by atoms with Crippen LogP contribution in [-0.4, -0.2) is 62.0 Å². The lowest BCUT2D eigenvalue weighted by atomic mass is 9.95. The summed E-state index contributed by atoms with van der Waals surface area (Å²) in [5.74, 6) is 0.207. The topological polar surface area (TPSA) is 102 Å². The molecule has 1 aromatic carbocycles. The van der Waals surface area contributed by atoms with Crippen LogP contribution in [0.5, 0.6) is 0 Å². The van der Waals surface area contributed by atoms with Crippen molar-refractivity contribution >= 4 is 28.7 Å². The van der Waals surface area contributed by atoms with Gasteiger partial charge in [-0.25, -0.2) is 14.8 Å². The highest BCUT2D eigenvalue weighted by atomic mass is 16.4. The predicted octanol–water partition coefficient (Wildman–Crippen LogP) is 3.17. The number of nitrogens with one attached hydrogen (secondary N) is 1. The Hall–Kier alpha value is -3.42. The van der Waals surface area contributed by atoms with Crippen molar-refractivity contribution in [3.63, 3.8) is 0 Å². The van der Waals surface area contributed by atoms with Crippen molar-refractivity contribution < 1.29 is 14.7 Å². The van der Waals surface area contributed by atoms with Crippen molar-refractivity contribution in [2.45, 2.75) is 51.1 Å². The number of fused-ring (bicyclic) bond motifs is 2. The predicted molar refractivity (Wildman–Crippen MR) is 121 cm³/mol. The van der Waals surface area contributed by atoms with Crippen LogP contribution in [0.4, 0.5) is 5.82 Å². The average molecular weight is 434 g/mol. The fourth-order valence-electron chi connectivity index (χ4n) is 5.36. The minimum Gasteiger partial charge on any atom is -0.478 e. The molecule has 2 N–H and O–H groups in total. The van der Waals surface area contributed by atoms with Gasteiger partial charge in [0.2, 0.25) is 5.91 Å². The molecule has 2 aliphatic rings. The Kier molecular flexibility index (Phi) is 5.28. The Bertz CT molecular complexity index is 1170. The first-order valence-corrected chi connectivity index (χ1v) is 11.2. The summed E-state index contributed by atoms with van der Waals surface area (Å²) in [4.78, 5) is 40.9. The minimum absolute atomic E-state index is 0.177. The van der Waals surface area contributed by atoms with Gasteiger partial charge in [-0.05, 0) is 55.9 Å². The van der Waals surface area contributed by atoms with Gasteiger partial charge in [-0.3, -0.25) is 4.79 Å². The number of hydrogen-bond acceptors (Lipinski definition) is 5. The van der Waals surface area contributed by atoms with E-state index in [9.17, 15) is 14.7 Å². The zero-order valence-electron chi connectivity index (χ0n) is 18.1. The number of aromatic nitrogens is 3. The van der Waals surface area contributed by atoms with Crippen LogP contribution in [0.25, 0.3) is 11.0 Å². The van der Waals surface area contributed by atoms with Gasteiger partial charge in [0.05, 0.1) is 23.0 Å². The third-order valence-electron chi connectivity index (χ3n) is 6.88. The molecule has 8 heteroatoms. The van der Waals surface area contributed by atoms with Crippen LogP contribution in [-0.2, 0) is 11.2 Å². The van der Waals surface area contributed by atoms with Gasteiger partial charge in [-0.15, -0.1) is 0 Å². The van der Waals surface area contributed by atoms with E-state index in [2.05, 4.69) is 24.8 Å². The van der Waals surface area contributed by atoms with Gasteiger partial charge >= 0.3 is 5.97 Å². The number of benzene rings is 1. The maximum atomic E-state index is 13.2. The highest BCUT2D eigenvalue weighted by Crippen LogP contribution is 2.36. The number of carbonyl (C=O) groups is 2. The summed E-state index contributed by atoms with van der Waals surface area (Å²) in [6.45, 7) is 3.48. The van der Waals surface area contributed by atoms with E-state index < -0.39 is 5.97 Å². The van der Waals surface area contributed by atoms with Gasteiger partial charge in [0.1, 0.15) is 17.8 Å². The first kappa shape index (κ1) is 20.5. The Morgan fingerprint density at radius 2 is 2.03 bits per heavy atom. The Morgan fingerprint density at radius 3 is 2.84 bits per heavy atom. The number of hydrogen-bond donors (Lipinski definition) is 2. The van der Waals surface area contributed by atoms with Crippen molar-refractivity contribution in [2.75, 3.05) is 18.0 Å². The number of anilines is 1. The number of rotatable bonds is 5. The summed E-state index contributed by atoms with van der Waals surface area (Å²) >= 11 is 0. The number of nitrogens with zero attached hydrogens (tertiary/aromatic N) is 4. The zero-order valence-corrected chi connectivity index (χ0v) is 18.1. The van der Waals surface area contributed by atoms with E-state index >= 15 is 0 Å². The molecule has 8 nitrogen and oxygen atoms in total. The molecule has 0 bridgehead atoms. The number of aromatic carboxylic acids is 1. The molecule has 0 saturated carbocycles. The second-order valence-corrected chi connectivity index (χ2v) is 8.74. The normalized spacial score (nSPS) is 20.5. The van der Waals surface area contributed by atoms with Crippen molar-refractivity contribution in [3.05, 3.63) is 53.5 Å². The van der Waals surface area contributed by atoms with Crippen LogP contribution in [0, 0.1) is 6.92 Å². The Balaban J connectivity index is 1.28. The molecule has 2 fully saturated rings. The summed E-state index contributed by atoms with van der Waals surface area (Å²) in [5, 5.41) is 10.2. The number of carbonyl (C=O) groups excluding carboxylic acids is 1. The number of piperidine rings is 1. The quantitative estimate of drug-likeness (QED) is 0.641. The van der Waals surface area contributed by atoms with Gasteiger partial charge in [-0.1, -0.05) is 12.1 Å². The van der Waals surface area contributed by atoms with Crippen molar-refractivity contribution in [3.8, 4) is 0 Å². The molecule has 2 aromatic heterocycles. The third kappa shape index (κ3) is 3.59.